The summed E-state index contributed by atoms with van der Waals surface area (Å²) >= 11 is 0. The average molecular weight is 493 g/mol. The molecule has 0 aliphatic heterocycles. The summed E-state index contributed by atoms with van der Waals surface area (Å²) in [6, 6.07) is 46.0. The van der Waals surface area contributed by atoms with Crippen molar-refractivity contribution in [2.45, 2.75) is 49.8 Å². The molecular formula is C33H34P2. The van der Waals surface area contributed by atoms with Gasteiger partial charge in [0.05, 0.1) is 0 Å². The molecule has 6 rings (SSSR count). The van der Waals surface area contributed by atoms with Crippen molar-refractivity contribution in [3.8, 4) is 0 Å². The van der Waals surface area contributed by atoms with Crippen LogP contribution in [0.3, 0.4) is 0 Å². The molecule has 1 spiro atoms. The number of hydrogen-bond donors (Lipinski definition) is 0. The van der Waals surface area contributed by atoms with E-state index in [0.29, 0.717) is 5.41 Å². The van der Waals surface area contributed by atoms with Crippen molar-refractivity contribution in [2.75, 3.05) is 0 Å². The summed E-state index contributed by atoms with van der Waals surface area (Å²) in [5.41, 5.74) is 1.95. The van der Waals surface area contributed by atoms with Gasteiger partial charge in [-0.2, -0.15) is 0 Å². The van der Waals surface area contributed by atoms with Crippen molar-refractivity contribution in [3.63, 3.8) is 0 Å². The lowest BCUT2D eigenvalue weighted by atomic mass is 9.83. The van der Waals surface area contributed by atoms with Crippen molar-refractivity contribution < 1.29 is 0 Å². The van der Waals surface area contributed by atoms with Gasteiger partial charge in [-0.3, -0.25) is 0 Å². The van der Waals surface area contributed by atoms with Crippen molar-refractivity contribution in [1.29, 1.82) is 0 Å². The second-order valence-corrected chi connectivity index (χ2v) is 14.9. The maximum Gasteiger partial charge on any atom is -0.00659 e. The predicted octanol–water partition coefficient (Wildman–Crippen LogP) is 7.34. The van der Waals surface area contributed by atoms with Gasteiger partial charge >= 0.3 is 0 Å². The van der Waals surface area contributed by atoms with Crippen LogP contribution in [0.4, 0.5) is 0 Å². The molecule has 0 saturated heterocycles. The molecule has 35 heavy (non-hydrogen) atoms. The van der Waals surface area contributed by atoms with E-state index in [1.807, 2.05) is 0 Å². The minimum atomic E-state index is -0.390. The van der Waals surface area contributed by atoms with Gasteiger partial charge in [-0.15, -0.1) is 0 Å². The van der Waals surface area contributed by atoms with Crippen LogP contribution in [-0.4, -0.2) is 11.3 Å². The molecule has 176 valence electrons. The summed E-state index contributed by atoms with van der Waals surface area (Å²) in [4.78, 5) is 0. The molecule has 4 aromatic carbocycles. The van der Waals surface area contributed by atoms with Crippen molar-refractivity contribution in [1.82, 2.24) is 0 Å². The van der Waals surface area contributed by atoms with Crippen LogP contribution in [0.5, 0.6) is 0 Å². The summed E-state index contributed by atoms with van der Waals surface area (Å²) in [7, 11) is -0.781. The topological polar surface area (TPSA) is 0 Å². The van der Waals surface area contributed by atoms with Crippen LogP contribution in [0.25, 0.3) is 0 Å². The van der Waals surface area contributed by atoms with Crippen molar-refractivity contribution in [3.05, 3.63) is 121 Å². The molecule has 0 unspecified atom stereocenters. The molecule has 0 radical (unpaired) electrons. The normalized spacial score (nSPS) is 21.2. The highest BCUT2D eigenvalue weighted by molar-refractivity contribution is 7.74. The molecular weight excluding hydrogens is 458 g/mol. The Morgan fingerprint density at radius 1 is 0.429 bits per heavy atom. The van der Waals surface area contributed by atoms with Gasteiger partial charge in [-0.25, -0.2) is 0 Å². The second-order valence-electron chi connectivity index (χ2n) is 10.1. The van der Waals surface area contributed by atoms with Gasteiger partial charge in [0.2, 0.25) is 0 Å². The summed E-state index contributed by atoms with van der Waals surface area (Å²) in [6.45, 7) is 0. The summed E-state index contributed by atoms with van der Waals surface area (Å²) < 4.78 is 0. The molecule has 2 aliphatic carbocycles. The maximum absolute atomic E-state index is 2.41. The van der Waals surface area contributed by atoms with Crippen LogP contribution in [0.15, 0.2) is 121 Å². The number of hydrogen-bond acceptors (Lipinski definition) is 0. The molecule has 0 N–H and O–H groups in total. The Balaban J connectivity index is 1.48. The smallest absolute Gasteiger partial charge is 0.00659 e. The Morgan fingerprint density at radius 3 is 1.00 bits per heavy atom. The highest BCUT2D eigenvalue weighted by Crippen LogP contribution is 2.68. The molecule has 0 aromatic heterocycles. The number of benzene rings is 4. The van der Waals surface area contributed by atoms with Crippen LogP contribution in [0.2, 0.25) is 0 Å². The molecule has 2 fully saturated rings. The highest BCUT2D eigenvalue weighted by Gasteiger charge is 2.56. The van der Waals surface area contributed by atoms with E-state index in [1.165, 1.54) is 38.5 Å². The van der Waals surface area contributed by atoms with Crippen molar-refractivity contribution in [2.24, 2.45) is 5.41 Å². The van der Waals surface area contributed by atoms with E-state index in [9.17, 15) is 0 Å². The largest absolute Gasteiger partial charge is 0.0622 e. The third-order valence-electron chi connectivity index (χ3n) is 8.33. The fourth-order valence-electron chi connectivity index (χ4n) is 6.98. The van der Waals surface area contributed by atoms with Gasteiger partial charge in [0.1, 0.15) is 0 Å². The summed E-state index contributed by atoms with van der Waals surface area (Å²) in [6.07, 6.45) is 8.31. The molecule has 0 amide bonds. The molecule has 4 aromatic rings. The van der Waals surface area contributed by atoms with Gasteiger partial charge in [0, 0.05) is 0 Å². The summed E-state index contributed by atoms with van der Waals surface area (Å²) in [5, 5.41) is 6.26. The van der Waals surface area contributed by atoms with E-state index in [0.717, 1.165) is 11.3 Å². The van der Waals surface area contributed by atoms with Gasteiger partial charge in [0.25, 0.3) is 0 Å². The highest BCUT2D eigenvalue weighted by atomic mass is 31.1. The fourth-order valence-corrected chi connectivity index (χ4v) is 13.9. The fraction of sp³-hybridized carbons (Fsp3) is 0.273. The average Bonchev–Trinajstić information content (AvgIpc) is 3.54. The lowest BCUT2D eigenvalue weighted by molar-refractivity contribution is 0.324. The third kappa shape index (κ3) is 4.42. The van der Waals surface area contributed by atoms with E-state index in [2.05, 4.69) is 121 Å². The Kier molecular flexibility index (Phi) is 6.87. The van der Waals surface area contributed by atoms with Crippen LogP contribution in [0.1, 0.15) is 38.5 Å². The predicted molar refractivity (Wildman–Crippen MR) is 156 cm³/mol. The zero-order chi connectivity index (χ0) is 23.5. The lowest BCUT2D eigenvalue weighted by Gasteiger charge is -2.45. The van der Waals surface area contributed by atoms with Gasteiger partial charge < -0.3 is 0 Å². The zero-order valence-corrected chi connectivity index (χ0v) is 22.1. The Hall–Kier alpha value is -2.26. The number of rotatable bonds is 6. The first kappa shape index (κ1) is 23.2. The van der Waals surface area contributed by atoms with Crippen LogP contribution < -0.4 is 21.2 Å². The second kappa shape index (κ2) is 10.4. The van der Waals surface area contributed by atoms with E-state index in [1.54, 1.807) is 21.2 Å². The Labute approximate surface area is 213 Å². The van der Waals surface area contributed by atoms with Crippen LogP contribution in [0, 0.1) is 5.41 Å². The monoisotopic (exact) mass is 492 g/mol. The van der Waals surface area contributed by atoms with Crippen molar-refractivity contribution >= 4 is 37.1 Å². The van der Waals surface area contributed by atoms with Gasteiger partial charge in [-0.05, 0) is 79.5 Å². The first-order chi connectivity index (χ1) is 17.4. The molecule has 2 aliphatic rings. The minimum Gasteiger partial charge on any atom is -0.0622 e. The molecule has 0 heterocycles. The molecule has 2 heteroatoms. The summed E-state index contributed by atoms with van der Waals surface area (Å²) in [5.74, 6) is 0. The lowest BCUT2D eigenvalue weighted by Crippen LogP contribution is -2.41. The quantitative estimate of drug-likeness (QED) is 0.247. The third-order valence-corrected chi connectivity index (χ3v) is 14.5. The molecule has 0 bridgehead atoms. The standard InChI is InChI=1S/C33H34P2/c1-5-15-27(16-6-1)34(28-17-7-2-8-18-28)31-23-13-25-33(31)26-14-24-32(33)35(29-19-9-3-10-20-29)30-21-11-4-12-22-30/h1-12,15-22,31-32H,13-14,23-26H2/t31-,32-,33?/m1/s1. The first-order valence-electron chi connectivity index (χ1n) is 13.2. The zero-order valence-electron chi connectivity index (χ0n) is 20.3. The van der Waals surface area contributed by atoms with Gasteiger partial charge in [0.15, 0.2) is 0 Å². The Morgan fingerprint density at radius 2 is 0.714 bits per heavy atom. The minimum absolute atomic E-state index is 0.390. The first-order valence-corrected chi connectivity index (χ1v) is 16.0. The van der Waals surface area contributed by atoms with Crippen LogP contribution in [-0.2, 0) is 0 Å². The SMILES string of the molecule is c1ccc(P(c2ccccc2)[C@@H]2CCCC23CCC[C@H]3P(c2ccccc2)c2ccccc2)cc1. The van der Waals surface area contributed by atoms with E-state index < -0.39 is 15.8 Å². The maximum atomic E-state index is 2.41. The van der Waals surface area contributed by atoms with E-state index in [4.69, 9.17) is 0 Å². The van der Waals surface area contributed by atoms with Crippen LogP contribution >= 0.6 is 15.8 Å². The van der Waals surface area contributed by atoms with Gasteiger partial charge in [-0.1, -0.05) is 134 Å². The Bertz CT molecular complexity index is 1030. The van der Waals surface area contributed by atoms with E-state index >= 15 is 0 Å². The molecule has 2 saturated carbocycles. The molecule has 0 nitrogen and oxygen atoms in total. The molecule has 2 atom stereocenters. The van der Waals surface area contributed by atoms with E-state index in [-0.39, 0.29) is 0 Å².